The maximum absolute atomic E-state index is 13.8. The molecule has 0 unspecified atom stereocenters. The molecule has 1 aliphatic rings. The zero-order valence-corrected chi connectivity index (χ0v) is 20.2. The normalized spacial score (nSPS) is 14.8. The van der Waals surface area contributed by atoms with Gasteiger partial charge in [-0.2, -0.15) is 0 Å². The molecule has 0 aromatic heterocycles. The molecule has 1 atom stereocenters. The molecule has 4 aromatic rings. The van der Waals surface area contributed by atoms with Crippen LogP contribution >= 0.6 is 0 Å². The van der Waals surface area contributed by atoms with Crippen LogP contribution in [-0.4, -0.2) is 19.4 Å². The average Bonchev–Trinajstić information content (AvgIpc) is 3.29. The molecular formula is C29H24N2O4S. The number of fused-ring (bicyclic) bond motifs is 1. The van der Waals surface area contributed by atoms with Crippen molar-refractivity contribution in [1.82, 2.24) is 0 Å². The number of nitro groups is 1. The second-order valence-corrected chi connectivity index (χ2v) is 10.4. The second kappa shape index (κ2) is 9.79. The number of nitro benzene ring substituents is 1. The van der Waals surface area contributed by atoms with Gasteiger partial charge in [-0.1, -0.05) is 84.9 Å². The van der Waals surface area contributed by atoms with E-state index in [4.69, 9.17) is 0 Å². The molecular weight excluding hydrogens is 472 g/mol. The van der Waals surface area contributed by atoms with E-state index in [1.54, 1.807) is 0 Å². The van der Waals surface area contributed by atoms with E-state index < -0.39 is 14.9 Å². The maximum atomic E-state index is 13.8. The lowest BCUT2D eigenvalue weighted by Crippen LogP contribution is -2.37. The van der Waals surface area contributed by atoms with Gasteiger partial charge in [-0.25, -0.2) is 8.42 Å². The highest BCUT2D eigenvalue weighted by molar-refractivity contribution is 7.92. The Morgan fingerprint density at radius 3 is 1.97 bits per heavy atom. The largest absolute Gasteiger partial charge is 0.269 e. The Morgan fingerprint density at radius 2 is 1.39 bits per heavy atom. The zero-order valence-electron chi connectivity index (χ0n) is 19.4. The Morgan fingerprint density at radius 1 is 0.833 bits per heavy atom. The van der Waals surface area contributed by atoms with E-state index in [0.29, 0.717) is 18.5 Å². The Hall–Kier alpha value is -4.23. The number of hydrogen-bond donors (Lipinski definition) is 0. The Bertz CT molecular complexity index is 1480. The van der Waals surface area contributed by atoms with Crippen LogP contribution in [0.3, 0.4) is 0 Å². The van der Waals surface area contributed by atoms with Gasteiger partial charge in [-0.05, 0) is 53.3 Å². The van der Waals surface area contributed by atoms with Crippen molar-refractivity contribution in [2.45, 2.75) is 23.8 Å². The number of anilines is 1. The van der Waals surface area contributed by atoms with Gasteiger partial charge < -0.3 is 0 Å². The number of rotatable bonds is 7. The van der Waals surface area contributed by atoms with Crippen LogP contribution < -0.4 is 4.31 Å². The summed E-state index contributed by atoms with van der Waals surface area (Å²) in [5.41, 5.74) is 4.62. The first kappa shape index (κ1) is 23.5. The van der Waals surface area contributed by atoms with Gasteiger partial charge in [0.05, 0.1) is 21.5 Å². The molecule has 0 radical (unpaired) electrons. The fraction of sp³-hybridized carbons (Fsp3) is 0.103. The molecule has 7 heteroatoms. The quantitative estimate of drug-likeness (QED) is 0.224. The fourth-order valence-corrected chi connectivity index (χ4v) is 6.38. The van der Waals surface area contributed by atoms with Gasteiger partial charge in [-0.15, -0.1) is 0 Å². The van der Waals surface area contributed by atoms with Gasteiger partial charge in [0.25, 0.3) is 15.7 Å². The first-order valence-corrected chi connectivity index (χ1v) is 13.1. The van der Waals surface area contributed by atoms with Crippen molar-refractivity contribution in [3.8, 4) is 0 Å². The first-order chi connectivity index (χ1) is 17.4. The zero-order chi connectivity index (χ0) is 25.1. The molecule has 0 bridgehead atoms. The lowest BCUT2D eigenvalue weighted by molar-refractivity contribution is -0.384. The van der Waals surface area contributed by atoms with Gasteiger partial charge in [0.15, 0.2) is 0 Å². The number of hydrogen-bond acceptors (Lipinski definition) is 4. The molecule has 0 amide bonds. The van der Waals surface area contributed by atoms with Gasteiger partial charge in [0.1, 0.15) is 0 Å². The molecule has 0 saturated carbocycles. The molecule has 0 saturated heterocycles. The summed E-state index contributed by atoms with van der Waals surface area (Å²) in [5.74, 6) is 0. The molecule has 4 aromatic carbocycles. The highest BCUT2D eigenvalue weighted by Crippen LogP contribution is 2.39. The Labute approximate surface area is 210 Å². The van der Waals surface area contributed by atoms with Crippen LogP contribution in [-0.2, 0) is 16.4 Å². The molecule has 1 aliphatic heterocycles. The van der Waals surface area contributed by atoms with Crippen LogP contribution in [0.5, 0.6) is 0 Å². The van der Waals surface area contributed by atoms with Crippen molar-refractivity contribution in [1.29, 1.82) is 0 Å². The topological polar surface area (TPSA) is 80.5 Å². The van der Waals surface area contributed by atoms with E-state index in [1.807, 2.05) is 84.9 Å². The summed E-state index contributed by atoms with van der Waals surface area (Å²) >= 11 is 0. The summed E-state index contributed by atoms with van der Waals surface area (Å²) in [6.45, 7) is 0. The third kappa shape index (κ3) is 4.53. The molecule has 0 N–H and O–H groups in total. The molecule has 0 fully saturated rings. The number of para-hydroxylation sites is 1. The lowest BCUT2D eigenvalue weighted by Gasteiger charge is -2.26. The summed E-state index contributed by atoms with van der Waals surface area (Å²) in [4.78, 5) is 10.6. The van der Waals surface area contributed by atoms with Crippen molar-refractivity contribution >= 4 is 27.0 Å². The summed E-state index contributed by atoms with van der Waals surface area (Å²) in [7, 11) is -3.94. The summed E-state index contributed by atoms with van der Waals surface area (Å²) in [6, 6.07) is 32.3. The summed E-state index contributed by atoms with van der Waals surface area (Å²) in [6.07, 6.45) is 3.19. The molecule has 5 rings (SSSR count). The number of benzene rings is 4. The van der Waals surface area contributed by atoms with Gasteiger partial charge in [0.2, 0.25) is 0 Å². The predicted octanol–water partition coefficient (Wildman–Crippen LogP) is 6.24. The van der Waals surface area contributed by atoms with Crippen LogP contribution in [0.1, 0.15) is 23.1 Å². The third-order valence-electron chi connectivity index (χ3n) is 6.38. The van der Waals surface area contributed by atoms with E-state index in [0.717, 1.165) is 22.3 Å². The highest BCUT2D eigenvalue weighted by atomic mass is 32.2. The van der Waals surface area contributed by atoms with Crippen molar-refractivity contribution < 1.29 is 13.3 Å². The Balaban J connectivity index is 1.54. The number of sulfonamides is 1. The second-order valence-electron chi connectivity index (χ2n) is 8.62. The van der Waals surface area contributed by atoms with Crippen LogP contribution in [0.2, 0.25) is 0 Å². The molecule has 1 heterocycles. The molecule has 0 aliphatic carbocycles. The predicted molar refractivity (Wildman–Crippen MR) is 141 cm³/mol. The third-order valence-corrected chi connectivity index (χ3v) is 8.26. The SMILES string of the molecule is O=[N+]([O-])c1ccc(S(=O)(=O)N2c3ccccc3C[C@H]2CC=C(c2ccccc2)c2ccccc2)cc1. The summed E-state index contributed by atoms with van der Waals surface area (Å²) < 4.78 is 29.1. The van der Waals surface area contributed by atoms with Crippen LogP contribution in [0.4, 0.5) is 11.4 Å². The van der Waals surface area contributed by atoms with Crippen molar-refractivity contribution in [3.05, 3.63) is 142 Å². The van der Waals surface area contributed by atoms with Crippen LogP contribution in [0.25, 0.3) is 5.57 Å². The summed E-state index contributed by atoms with van der Waals surface area (Å²) in [5, 5.41) is 11.1. The minimum Gasteiger partial charge on any atom is -0.262 e. The molecule has 180 valence electrons. The van der Waals surface area contributed by atoms with E-state index in [1.165, 1.54) is 28.6 Å². The molecule has 36 heavy (non-hydrogen) atoms. The van der Waals surface area contributed by atoms with Crippen molar-refractivity contribution in [3.63, 3.8) is 0 Å². The van der Waals surface area contributed by atoms with Crippen molar-refractivity contribution in [2.24, 2.45) is 0 Å². The monoisotopic (exact) mass is 496 g/mol. The van der Waals surface area contributed by atoms with Crippen LogP contribution in [0.15, 0.2) is 120 Å². The number of non-ortho nitro benzene ring substituents is 1. The van der Waals surface area contributed by atoms with E-state index in [9.17, 15) is 18.5 Å². The van der Waals surface area contributed by atoms with E-state index in [2.05, 4.69) is 6.08 Å². The number of nitrogens with zero attached hydrogens (tertiary/aromatic N) is 2. The van der Waals surface area contributed by atoms with Gasteiger partial charge in [0, 0.05) is 12.1 Å². The molecule has 6 nitrogen and oxygen atoms in total. The van der Waals surface area contributed by atoms with Gasteiger partial charge >= 0.3 is 0 Å². The standard InChI is InChI=1S/C29H24N2O4S/c32-31(33)25-15-18-27(19-16-25)36(34,35)30-26(21-24-13-7-8-14-29(24)30)17-20-28(22-9-3-1-4-10-22)23-11-5-2-6-12-23/h1-16,18-20,26H,17,21H2/t26-/m1/s1. The minimum atomic E-state index is -3.94. The Kier molecular flexibility index (Phi) is 6.40. The van der Waals surface area contributed by atoms with Crippen LogP contribution in [0, 0.1) is 10.1 Å². The fourth-order valence-electron chi connectivity index (χ4n) is 4.68. The van der Waals surface area contributed by atoms with Crippen molar-refractivity contribution in [2.75, 3.05) is 4.31 Å². The van der Waals surface area contributed by atoms with Gasteiger partial charge in [-0.3, -0.25) is 14.4 Å². The smallest absolute Gasteiger partial charge is 0.262 e. The van der Waals surface area contributed by atoms with E-state index >= 15 is 0 Å². The highest BCUT2D eigenvalue weighted by Gasteiger charge is 2.38. The molecule has 0 spiro atoms. The average molecular weight is 497 g/mol. The maximum Gasteiger partial charge on any atom is 0.269 e. The lowest BCUT2D eigenvalue weighted by atomic mass is 9.95. The first-order valence-electron chi connectivity index (χ1n) is 11.6. The van der Waals surface area contributed by atoms with E-state index in [-0.39, 0.29) is 16.6 Å². The minimum absolute atomic E-state index is 0.0325.